The number of aliphatic hydroxyl groups is 1. The number of rotatable bonds is 4. The van der Waals surface area contributed by atoms with E-state index in [4.69, 9.17) is 11.2 Å². The highest BCUT2D eigenvalue weighted by molar-refractivity contribution is 4.92. The predicted molar refractivity (Wildman–Crippen MR) is 51.3 cm³/mol. The molecule has 0 saturated carbocycles. The van der Waals surface area contributed by atoms with E-state index in [2.05, 4.69) is 11.2 Å². The van der Waals surface area contributed by atoms with Crippen molar-refractivity contribution in [2.75, 3.05) is 26.4 Å². The number of ether oxygens (including phenoxy) is 1. The molecule has 1 aliphatic heterocycles. The van der Waals surface area contributed by atoms with Crippen LogP contribution in [0.4, 0.5) is 0 Å². The first-order valence-electron chi connectivity index (χ1n) is 4.70. The van der Waals surface area contributed by atoms with Gasteiger partial charge in [-0.15, -0.1) is 12.3 Å². The third-order valence-corrected chi connectivity index (χ3v) is 2.52. The summed E-state index contributed by atoms with van der Waals surface area (Å²) in [6.07, 6.45) is 7.60. The molecule has 3 nitrogen and oxygen atoms in total. The normalized spacial score (nSPS) is 20.9. The molecule has 0 aromatic heterocycles. The molecule has 0 radical (unpaired) electrons. The standard InChI is InChI=1S/C10H17NO2/c1-2-3-6-11-10(9-12)4-7-13-8-5-10/h1,11-12H,3-9H2. The van der Waals surface area contributed by atoms with Gasteiger partial charge in [0.15, 0.2) is 0 Å². The van der Waals surface area contributed by atoms with Crippen LogP contribution in [0.1, 0.15) is 19.3 Å². The van der Waals surface area contributed by atoms with Crippen LogP contribution in [0.25, 0.3) is 0 Å². The van der Waals surface area contributed by atoms with Gasteiger partial charge in [-0.3, -0.25) is 0 Å². The molecule has 74 valence electrons. The van der Waals surface area contributed by atoms with E-state index in [1.54, 1.807) is 0 Å². The Hall–Kier alpha value is -0.560. The van der Waals surface area contributed by atoms with Crippen LogP contribution in [0.5, 0.6) is 0 Å². The molecule has 1 fully saturated rings. The Balaban J connectivity index is 2.34. The molecular formula is C10H17NO2. The summed E-state index contributed by atoms with van der Waals surface area (Å²) in [6, 6.07) is 0. The quantitative estimate of drug-likeness (QED) is 0.481. The summed E-state index contributed by atoms with van der Waals surface area (Å²) in [6.45, 7) is 2.39. The van der Waals surface area contributed by atoms with E-state index in [0.717, 1.165) is 32.6 Å². The fourth-order valence-corrected chi connectivity index (χ4v) is 1.55. The van der Waals surface area contributed by atoms with Crippen LogP contribution in [0.3, 0.4) is 0 Å². The highest BCUT2D eigenvalue weighted by Gasteiger charge is 2.30. The van der Waals surface area contributed by atoms with Gasteiger partial charge in [0.05, 0.1) is 6.61 Å². The summed E-state index contributed by atoms with van der Waals surface area (Å²) < 4.78 is 5.24. The Kier molecular flexibility index (Phi) is 4.23. The van der Waals surface area contributed by atoms with Gasteiger partial charge in [0, 0.05) is 31.7 Å². The van der Waals surface area contributed by atoms with Gasteiger partial charge in [-0.05, 0) is 12.8 Å². The number of nitrogens with one attached hydrogen (secondary N) is 1. The third-order valence-electron chi connectivity index (χ3n) is 2.52. The van der Waals surface area contributed by atoms with Gasteiger partial charge >= 0.3 is 0 Å². The molecule has 1 heterocycles. The Morgan fingerprint density at radius 3 is 2.69 bits per heavy atom. The zero-order valence-electron chi connectivity index (χ0n) is 7.88. The molecule has 0 aliphatic carbocycles. The minimum absolute atomic E-state index is 0.144. The van der Waals surface area contributed by atoms with Crippen LogP contribution in [-0.4, -0.2) is 37.0 Å². The lowest BCUT2D eigenvalue weighted by atomic mass is 9.91. The van der Waals surface area contributed by atoms with Crippen molar-refractivity contribution in [3.63, 3.8) is 0 Å². The molecule has 0 aromatic carbocycles. The lowest BCUT2D eigenvalue weighted by Gasteiger charge is -2.36. The zero-order chi connectivity index (χ0) is 9.57. The van der Waals surface area contributed by atoms with E-state index in [1.807, 2.05) is 0 Å². The van der Waals surface area contributed by atoms with Gasteiger partial charge < -0.3 is 15.2 Å². The fraction of sp³-hybridized carbons (Fsp3) is 0.800. The lowest BCUT2D eigenvalue weighted by molar-refractivity contribution is 0.0125. The second-order valence-electron chi connectivity index (χ2n) is 3.43. The van der Waals surface area contributed by atoms with Crippen molar-refractivity contribution in [1.82, 2.24) is 5.32 Å². The van der Waals surface area contributed by atoms with Crippen molar-refractivity contribution in [1.29, 1.82) is 0 Å². The van der Waals surface area contributed by atoms with Crippen molar-refractivity contribution >= 4 is 0 Å². The predicted octanol–water partition coefficient (Wildman–Crippen LogP) is 0.141. The molecular weight excluding hydrogens is 166 g/mol. The smallest absolute Gasteiger partial charge is 0.0615 e. The summed E-state index contributed by atoms with van der Waals surface area (Å²) in [5.74, 6) is 2.57. The maximum Gasteiger partial charge on any atom is 0.0615 e. The Bertz CT molecular complexity index is 180. The van der Waals surface area contributed by atoms with Gasteiger partial charge in [-0.2, -0.15) is 0 Å². The molecule has 0 amide bonds. The summed E-state index contributed by atoms with van der Waals surface area (Å²) in [5, 5.41) is 12.6. The number of hydrogen-bond acceptors (Lipinski definition) is 3. The van der Waals surface area contributed by atoms with Gasteiger partial charge in [-0.1, -0.05) is 0 Å². The highest BCUT2D eigenvalue weighted by atomic mass is 16.5. The Labute approximate surface area is 79.5 Å². The van der Waals surface area contributed by atoms with E-state index in [0.29, 0.717) is 6.42 Å². The molecule has 2 N–H and O–H groups in total. The molecule has 0 unspecified atom stereocenters. The van der Waals surface area contributed by atoms with Crippen LogP contribution in [0.2, 0.25) is 0 Å². The van der Waals surface area contributed by atoms with Crippen LogP contribution in [0, 0.1) is 12.3 Å². The molecule has 1 rings (SSSR count). The molecule has 1 saturated heterocycles. The zero-order valence-corrected chi connectivity index (χ0v) is 7.88. The van der Waals surface area contributed by atoms with Crippen LogP contribution < -0.4 is 5.32 Å². The number of terminal acetylenes is 1. The van der Waals surface area contributed by atoms with Gasteiger partial charge in [0.1, 0.15) is 0 Å². The molecule has 3 heteroatoms. The average Bonchev–Trinajstić information content (AvgIpc) is 2.20. The van der Waals surface area contributed by atoms with Gasteiger partial charge in [0.25, 0.3) is 0 Å². The van der Waals surface area contributed by atoms with E-state index < -0.39 is 0 Å². The van der Waals surface area contributed by atoms with Crippen molar-refractivity contribution < 1.29 is 9.84 Å². The van der Waals surface area contributed by atoms with Crippen LogP contribution in [0.15, 0.2) is 0 Å². The fourth-order valence-electron chi connectivity index (χ4n) is 1.55. The second kappa shape index (κ2) is 5.23. The minimum atomic E-state index is -0.144. The van der Waals surface area contributed by atoms with E-state index in [9.17, 15) is 5.11 Å². The molecule has 0 aromatic rings. The number of hydrogen-bond donors (Lipinski definition) is 2. The molecule has 0 bridgehead atoms. The minimum Gasteiger partial charge on any atom is -0.394 e. The van der Waals surface area contributed by atoms with E-state index in [-0.39, 0.29) is 12.1 Å². The Morgan fingerprint density at radius 1 is 1.46 bits per heavy atom. The first kappa shape index (κ1) is 10.5. The summed E-state index contributed by atoms with van der Waals surface area (Å²) in [4.78, 5) is 0. The largest absolute Gasteiger partial charge is 0.394 e. The van der Waals surface area contributed by atoms with Crippen molar-refractivity contribution in [3.05, 3.63) is 0 Å². The maximum atomic E-state index is 9.27. The van der Waals surface area contributed by atoms with Crippen molar-refractivity contribution in [2.24, 2.45) is 0 Å². The average molecular weight is 183 g/mol. The van der Waals surface area contributed by atoms with Crippen molar-refractivity contribution in [3.8, 4) is 12.3 Å². The van der Waals surface area contributed by atoms with Crippen molar-refractivity contribution in [2.45, 2.75) is 24.8 Å². The molecule has 1 aliphatic rings. The number of aliphatic hydroxyl groups excluding tert-OH is 1. The summed E-state index contributed by atoms with van der Waals surface area (Å²) >= 11 is 0. The second-order valence-corrected chi connectivity index (χ2v) is 3.43. The van der Waals surface area contributed by atoms with Gasteiger partial charge in [0.2, 0.25) is 0 Å². The van der Waals surface area contributed by atoms with Gasteiger partial charge in [-0.25, -0.2) is 0 Å². The monoisotopic (exact) mass is 183 g/mol. The maximum absolute atomic E-state index is 9.27. The molecule has 0 atom stereocenters. The van der Waals surface area contributed by atoms with E-state index in [1.165, 1.54) is 0 Å². The van der Waals surface area contributed by atoms with E-state index >= 15 is 0 Å². The molecule has 0 spiro atoms. The first-order valence-corrected chi connectivity index (χ1v) is 4.70. The first-order chi connectivity index (χ1) is 6.33. The molecule has 13 heavy (non-hydrogen) atoms. The SMILES string of the molecule is C#CCCNC1(CO)CCOCC1. The topological polar surface area (TPSA) is 41.5 Å². The third kappa shape index (κ3) is 3.00. The Morgan fingerprint density at radius 2 is 2.15 bits per heavy atom. The van der Waals surface area contributed by atoms with Crippen LogP contribution >= 0.6 is 0 Å². The highest BCUT2D eigenvalue weighted by Crippen LogP contribution is 2.19. The summed E-state index contributed by atoms with van der Waals surface area (Å²) in [5.41, 5.74) is -0.144. The lowest BCUT2D eigenvalue weighted by Crippen LogP contribution is -2.52. The van der Waals surface area contributed by atoms with Crippen LogP contribution in [-0.2, 0) is 4.74 Å². The summed E-state index contributed by atoms with van der Waals surface area (Å²) in [7, 11) is 0.